The number of primary amides is 1. The summed E-state index contributed by atoms with van der Waals surface area (Å²) < 4.78 is 5.26. The van der Waals surface area contributed by atoms with Gasteiger partial charge in [0.05, 0.1) is 18.7 Å². The lowest BCUT2D eigenvalue weighted by Gasteiger charge is -2.51. The van der Waals surface area contributed by atoms with Gasteiger partial charge in [0, 0.05) is 25.7 Å². The molecule has 1 heterocycles. The number of urea groups is 1. The van der Waals surface area contributed by atoms with Gasteiger partial charge in [-0.2, -0.15) is 0 Å². The molecular weight excluding hydrogens is 410 g/mol. The second kappa shape index (κ2) is 9.87. The summed E-state index contributed by atoms with van der Waals surface area (Å²) in [6, 6.07) is 10.4. The Balaban J connectivity index is 1.79. The molecule has 3 N–H and O–H groups in total. The zero-order valence-electron chi connectivity index (χ0n) is 19.3. The van der Waals surface area contributed by atoms with Gasteiger partial charge in [0.1, 0.15) is 6.54 Å². The topological polar surface area (TPSA) is 108 Å². The number of rotatable bonds is 9. The van der Waals surface area contributed by atoms with Crippen LogP contribution in [0.4, 0.5) is 4.79 Å². The van der Waals surface area contributed by atoms with E-state index in [9.17, 15) is 14.4 Å². The Labute approximate surface area is 189 Å². The molecule has 1 saturated carbocycles. The van der Waals surface area contributed by atoms with Crippen LogP contribution in [0.15, 0.2) is 30.3 Å². The summed E-state index contributed by atoms with van der Waals surface area (Å²) in [6.45, 7) is 1.08. The Morgan fingerprint density at radius 2 is 1.81 bits per heavy atom. The van der Waals surface area contributed by atoms with Crippen LogP contribution in [0, 0.1) is 0 Å². The van der Waals surface area contributed by atoms with E-state index in [1.54, 1.807) is 12.0 Å². The van der Waals surface area contributed by atoms with Crippen molar-refractivity contribution in [2.75, 3.05) is 54.0 Å². The van der Waals surface area contributed by atoms with Gasteiger partial charge in [0.25, 0.3) is 0 Å². The molecule has 0 radical (unpaired) electrons. The summed E-state index contributed by atoms with van der Waals surface area (Å²) >= 11 is 0. The van der Waals surface area contributed by atoms with Crippen LogP contribution in [0.3, 0.4) is 0 Å². The Morgan fingerprint density at radius 3 is 2.38 bits per heavy atom. The molecule has 2 fully saturated rings. The number of methoxy groups -OCH3 is 1. The third-order valence-corrected chi connectivity index (χ3v) is 7.05. The van der Waals surface area contributed by atoms with E-state index in [0.717, 1.165) is 25.7 Å². The maximum atomic E-state index is 13.2. The maximum Gasteiger partial charge on any atom is 0.321 e. The predicted octanol–water partition coefficient (Wildman–Crippen LogP) is 0.742. The zero-order chi connectivity index (χ0) is 23.4. The largest absolute Gasteiger partial charge is 0.383 e. The predicted molar refractivity (Wildman–Crippen MR) is 121 cm³/mol. The summed E-state index contributed by atoms with van der Waals surface area (Å²) in [7, 11) is 5.85. The summed E-state index contributed by atoms with van der Waals surface area (Å²) in [5.41, 5.74) is 5.96. The molecule has 0 aromatic heterocycles. The standard InChI is InChI=1S/C23H35N5O4/c1-26(2)23(18-7-5-4-6-8-18)11-9-22(10-12-23)17-27(16-20(30)25-15-19(24)29)21(31)28(22)13-14-32-3/h4-8H,9-17H2,1-3H3,(H2,24,29)(H,25,30)/t22-,23+. The molecule has 1 spiro atoms. The Kier molecular flexibility index (Phi) is 7.40. The minimum atomic E-state index is -0.613. The van der Waals surface area contributed by atoms with Gasteiger partial charge in [-0.05, 0) is 45.3 Å². The van der Waals surface area contributed by atoms with Crippen molar-refractivity contribution in [1.29, 1.82) is 0 Å². The fourth-order valence-corrected chi connectivity index (χ4v) is 5.24. The first-order valence-electron chi connectivity index (χ1n) is 11.1. The van der Waals surface area contributed by atoms with E-state index < -0.39 is 5.91 Å². The highest BCUT2D eigenvalue weighted by Gasteiger charge is 2.54. The lowest BCUT2D eigenvalue weighted by molar-refractivity contribution is -0.125. The van der Waals surface area contributed by atoms with Gasteiger partial charge < -0.3 is 25.6 Å². The summed E-state index contributed by atoms with van der Waals surface area (Å²) in [5, 5.41) is 2.47. The summed E-state index contributed by atoms with van der Waals surface area (Å²) in [5.74, 6) is -0.999. The van der Waals surface area contributed by atoms with Crippen LogP contribution < -0.4 is 11.1 Å². The molecule has 1 aliphatic carbocycles. The maximum absolute atomic E-state index is 13.2. The van der Waals surface area contributed by atoms with Crippen LogP contribution in [-0.2, 0) is 19.9 Å². The van der Waals surface area contributed by atoms with Crippen LogP contribution in [0.2, 0.25) is 0 Å². The van der Waals surface area contributed by atoms with Crippen molar-refractivity contribution in [3.63, 3.8) is 0 Å². The van der Waals surface area contributed by atoms with Crippen LogP contribution in [-0.4, -0.2) is 92.1 Å². The Morgan fingerprint density at radius 1 is 1.16 bits per heavy atom. The van der Waals surface area contributed by atoms with E-state index >= 15 is 0 Å². The highest BCUT2D eigenvalue weighted by Crippen LogP contribution is 2.48. The SMILES string of the molecule is COCCN1C(=O)N(CC(=O)NCC(N)=O)C[C@]12CC[C@](c1ccccc1)(N(C)C)CC2. The number of benzene rings is 1. The first-order chi connectivity index (χ1) is 15.2. The number of hydrogen-bond donors (Lipinski definition) is 2. The van der Waals surface area contributed by atoms with Crippen LogP contribution in [0.1, 0.15) is 31.2 Å². The number of nitrogens with two attached hydrogens (primary N) is 1. The van der Waals surface area contributed by atoms with E-state index in [4.69, 9.17) is 10.5 Å². The Bertz CT molecular complexity index is 821. The fraction of sp³-hybridized carbons (Fsp3) is 0.609. The molecule has 1 aromatic carbocycles. The lowest BCUT2D eigenvalue weighted by atomic mass is 9.68. The molecule has 4 amide bonds. The van der Waals surface area contributed by atoms with E-state index in [-0.39, 0.29) is 36.1 Å². The van der Waals surface area contributed by atoms with E-state index in [1.165, 1.54) is 5.56 Å². The second-order valence-corrected chi connectivity index (χ2v) is 9.04. The average Bonchev–Trinajstić information content (AvgIpc) is 3.02. The molecule has 0 bridgehead atoms. The fourth-order valence-electron chi connectivity index (χ4n) is 5.24. The number of carbonyl (C=O) groups excluding carboxylic acids is 3. The molecule has 0 unspecified atom stereocenters. The number of hydrogen-bond acceptors (Lipinski definition) is 5. The molecule has 176 valence electrons. The first kappa shape index (κ1) is 24.0. The molecule has 1 aliphatic heterocycles. The minimum absolute atomic E-state index is 0.0884. The Hall–Kier alpha value is -2.65. The molecule has 9 heteroatoms. The first-order valence-corrected chi connectivity index (χ1v) is 11.1. The summed E-state index contributed by atoms with van der Waals surface area (Å²) in [4.78, 5) is 42.2. The van der Waals surface area contributed by atoms with Crippen molar-refractivity contribution >= 4 is 17.8 Å². The summed E-state index contributed by atoms with van der Waals surface area (Å²) in [6.07, 6.45) is 3.47. The van der Waals surface area contributed by atoms with E-state index in [0.29, 0.717) is 19.7 Å². The normalized spacial score (nSPS) is 25.6. The van der Waals surface area contributed by atoms with E-state index in [2.05, 4.69) is 48.6 Å². The van der Waals surface area contributed by atoms with Crippen LogP contribution in [0.25, 0.3) is 0 Å². The molecule has 1 saturated heterocycles. The van der Waals surface area contributed by atoms with Gasteiger partial charge in [-0.3, -0.25) is 14.5 Å². The molecule has 32 heavy (non-hydrogen) atoms. The molecule has 3 rings (SSSR count). The molecule has 2 aliphatic rings. The average molecular weight is 446 g/mol. The monoisotopic (exact) mass is 445 g/mol. The number of ether oxygens (including phenoxy) is 1. The van der Waals surface area contributed by atoms with Gasteiger partial charge in [-0.15, -0.1) is 0 Å². The number of nitrogens with one attached hydrogen (secondary N) is 1. The number of carbonyl (C=O) groups is 3. The van der Waals surface area contributed by atoms with Crippen molar-refractivity contribution in [1.82, 2.24) is 20.0 Å². The van der Waals surface area contributed by atoms with Crippen molar-refractivity contribution in [2.24, 2.45) is 5.73 Å². The number of amides is 4. The van der Waals surface area contributed by atoms with Crippen molar-refractivity contribution in [3.8, 4) is 0 Å². The lowest BCUT2D eigenvalue weighted by Crippen LogP contribution is -2.56. The van der Waals surface area contributed by atoms with Gasteiger partial charge in [-0.25, -0.2) is 4.79 Å². The van der Waals surface area contributed by atoms with Crippen LogP contribution >= 0.6 is 0 Å². The minimum Gasteiger partial charge on any atom is -0.383 e. The zero-order valence-corrected chi connectivity index (χ0v) is 19.3. The highest BCUT2D eigenvalue weighted by atomic mass is 16.5. The smallest absolute Gasteiger partial charge is 0.321 e. The van der Waals surface area contributed by atoms with Crippen molar-refractivity contribution in [3.05, 3.63) is 35.9 Å². The van der Waals surface area contributed by atoms with Crippen molar-refractivity contribution < 1.29 is 19.1 Å². The quantitative estimate of drug-likeness (QED) is 0.583. The molecule has 1 aromatic rings. The van der Waals surface area contributed by atoms with Gasteiger partial charge in [0.15, 0.2) is 0 Å². The van der Waals surface area contributed by atoms with E-state index in [1.807, 2.05) is 11.0 Å². The van der Waals surface area contributed by atoms with Gasteiger partial charge >= 0.3 is 6.03 Å². The molecule has 9 nitrogen and oxygen atoms in total. The van der Waals surface area contributed by atoms with Gasteiger partial charge in [-0.1, -0.05) is 30.3 Å². The molecule has 0 atom stereocenters. The van der Waals surface area contributed by atoms with Crippen LogP contribution in [0.5, 0.6) is 0 Å². The third kappa shape index (κ3) is 4.73. The highest BCUT2D eigenvalue weighted by molar-refractivity contribution is 5.88. The van der Waals surface area contributed by atoms with Gasteiger partial charge in [0.2, 0.25) is 11.8 Å². The second-order valence-electron chi connectivity index (χ2n) is 9.04. The molecular formula is C23H35N5O4. The van der Waals surface area contributed by atoms with Crippen molar-refractivity contribution in [2.45, 2.75) is 36.8 Å². The third-order valence-electron chi connectivity index (χ3n) is 7.05. The number of nitrogens with zero attached hydrogens (tertiary/aromatic N) is 3.